The van der Waals surface area contributed by atoms with Gasteiger partial charge in [0, 0.05) is 42.8 Å². The van der Waals surface area contributed by atoms with Gasteiger partial charge in [-0.1, -0.05) is 37.1 Å². The number of aromatic nitrogens is 2. The fraction of sp³-hybridized carbons (Fsp3) is 0.577. The van der Waals surface area contributed by atoms with Crippen molar-refractivity contribution in [2.45, 2.75) is 56.6 Å². The van der Waals surface area contributed by atoms with E-state index in [2.05, 4.69) is 33.7 Å². The number of fused-ring (bicyclic) bond motifs is 1. The van der Waals surface area contributed by atoms with Crippen molar-refractivity contribution < 1.29 is 9.90 Å². The maximum absolute atomic E-state index is 13.9. The number of rotatable bonds is 4. The van der Waals surface area contributed by atoms with Gasteiger partial charge in [-0.2, -0.15) is 0 Å². The first-order valence-electron chi connectivity index (χ1n) is 12.5. The molecule has 1 N–H and O–H groups in total. The first kappa shape index (κ1) is 23.5. The van der Waals surface area contributed by atoms with E-state index in [9.17, 15) is 9.90 Å². The Bertz CT molecular complexity index is 1020. The molecule has 2 aromatic rings. The lowest BCUT2D eigenvalue weighted by atomic mass is 9.84. The van der Waals surface area contributed by atoms with Crippen molar-refractivity contribution in [2.75, 3.05) is 44.7 Å². The second kappa shape index (κ2) is 9.80. The zero-order valence-electron chi connectivity index (χ0n) is 20.0. The molecule has 8 heteroatoms. The van der Waals surface area contributed by atoms with Crippen molar-refractivity contribution in [3.63, 3.8) is 0 Å². The Balaban J connectivity index is 1.34. The molecule has 4 atom stereocenters. The maximum Gasteiger partial charge on any atom is 0.231 e. The average Bonchev–Trinajstić information content (AvgIpc) is 3.15. The Kier molecular flexibility index (Phi) is 6.78. The van der Waals surface area contributed by atoms with Crippen LogP contribution in [-0.4, -0.2) is 76.6 Å². The summed E-state index contributed by atoms with van der Waals surface area (Å²) in [5.41, 5.74) is 2.88. The van der Waals surface area contributed by atoms with Crippen LogP contribution in [-0.2, 0) is 4.79 Å². The second-order valence-corrected chi connectivity index (χ2v) is 10.5. The van der Waals surface area contributed by atoms with E-state index in [0.717, 1.165) is 55.1 Å². The summed E-state index contributed by atoms with van der Waals surface area (Å²) in [6.07, 6.45) is 5.11. The number of amides is 1. The van der Waals surface area contributed by atoms with Crippen molar-refractivity contribution in [1.29, 1.82) is 0 Å². The molecule has 2 fully saturated rings. The predicted molar refractivity (Wildman–Crippen MR) is 133 cm³/mol. The number of nitrogens with zero attached hydrogens (tertiary/aromatic N) is 5. The molecule has 2 saturated heterocycles. The smallest absolute Gasteiger partial charge is 0.231 e. The first-order chi connectivity index (χ1) is 16.4. The van der Waals surface area contributed by atoms with Gasteiger partial charge in [-0.15, -0.1) is 0 Å². The summed E-state index contributed by atoms with van der Waals surface area (Å²) in [7, 11) is 2.14. The summed E-state index contributed by atoms with van der Waals surface area (Å²) in [4.78, 5) is 29.5. The highest BCUT2D eigenvalue weighted by molar-refractivity contribution is 6.30. The average molecular weight is 484 g/mol. The number of anilines is 1. The number of halogens is 1. The number of piperazine rings is 1. The minimum atomic E-state index is -0.512. The van der Waals surface area contributed by atoms with Crippen LogP contribution in [0.15, 0.2) is 30.6 Å². The maximum atomic E-state index is 13.9. The van der Waals surface area contributed by atoms with E-state index < -0.39 is 6.10 Å². The molecule has 0 saturated carbocycles. The van der Waals surface area contributed by atoms with Gasteiger partial charge in [-0.25, -0.2) is 9.97 Å². The van der Waals surface area contributed by atoms with Crippen LogP contribution in [0.2, 0.25) is 5.02 Å². The van der Waals surface area contributed by atoms with Crippen molar-refractivity contribution in [2.24, 2.45) is 0 Å². The van der Waals surface area contributed by atoms with E-state index in [0.29, 0.717) is 24.5 Å². The number of carbonyl (C=O) groups is 1. The number of carbonyl (C=O) groups excluding carboxylic acids is 1. The molecule has 1 amide bonds. The van der Waals surface area contributed by atoms with Crippen LogP contribution in [0.5, 0.6) is 0 Å². The fourth-order valence-corrected chi connectivity index (χ4v) is 6.14. The molecule has 0 radical (unpaired) electrons. The summed E-state index contributed by atoms with van der Waals surface area (Å²) in [5, 5.41) is 11.0. The number of hydrogen-bond acceptors (Lipinski definition) is 6. The van der Waals surface area contributed by atoms with Crippen LogP contribution in [0.3, 0.4) is 0 Å². The Morgan fingerprint density at radius 1 is 1.09 bits per heavy atom. The molecule has 3 aliphatic rings. The zero-order valence-corrected chi connectivity index (χ0v) is 20.8. The number of aliphatic hydroxyl groups is 1. The van der Waals surface area contributed by atoms with E-state index in [1.54, 1.807) is 6.33 Å². The molecular formula is C26H34ClN5O2. The third kappa shape index (κ3) is 4.41. The molecule has 3 heterocycles. The molecule has 2 aliphatic heterocycles. The number of aliphatic hydroxyl groups excluding tert-OH is 1. The summed E-state index contributed by atoms with van der Waals surface area (Å²) < 4.78 is 0. The number of likely N-dealkylation sites (N-methyl/N-ethyl adjacent to an activating group) is 1. The fourth-order valence-electron chi connectivity index (χ4n) is 6.01. The lowest BCUT2D eigenvalue weighted by Crippen LogP contribution is -2.53. The van der Waals surface area contributed by atoms with Crippen LogP contribution in [0.1, 0.15) is 67.4 Å². The van der Waals surface area contributed by atoms with Crippen molar-refractivity contribution in [3.05, 3.63) is 52.4 Å². The van der Waals surface area contributed by atoms with Crippen molar-refractivity contribution >= 4 is 23.3 Å². The van der Waals surface area contributed by atoms with Crippen molar-refractivity contribution in [1.82, 2.24) is 19.8 Å². The van der Waals surface area contributed by atoms with E-state index in [1.807, 2.05) is 29.2 Å². The molecule has 1 aromatic carbocycles. The van der Waals surface area contributed by atoms with Crippen LogP contribution >= 0.6 is 11.6 Å². The molecule has 2 unspecified atom stereocenters. The third-order valence-corrected chi connectivity index (χ3v) is 8.13. The van der Waals surface area contributed by atoms with Gasteiger partial charge in [-0.3, -0.25) is 4.79 Å². The summed E-state index contributed by atoms with van der Waals surface area (Å²) >= 11 is 6.16. The molecule has 0 bridgehead atoms. The number of likely N-dealkylation sites (tertiary alicyclic amines) is 1. The quantitative estimate of drug-likeness (QED) is 0.716. The minimum absolute atomic E-state index is 0.187. The summed E-state index contributed by atoms with van der Waals surface area (Å²) in [5.74, 6) is 1.17. The van der Waals surface area contributed by atoms with E-state index >= 15 is 0 Å². The van der Waals surface area contributed by atoms with E-state index in [-0.39, 0.29) is 23.8 Å². The van der Waals surface area contributed by atoms with Gasteiger partial charge in [0.15, 0.2) is 0 Å². The number of benzene rings is 1. The van der Waals surface area contributed by atoms with Gasteiger partial charge in [-0.05, 0) is 56.5 Å². The topological polar surface area (TPSA) is 72.8 Å². The largest absolute Gasteiger partial charge is 0.387 e. The molecule has 182 valence electrons. The SMILES string of the molecule is C[C@@H]1C[C@@H](O)c2ncnc(N3CCN(C(=O)C(c4ccc(Cl)cc4)C4CCCCN4C)CC3)c21. The molecule has 1 aromatic heterocycles. The minimum Gasteiger partial charge on any atom is -0.387 e. The zero-order chi connectivity index (χ0) is 23.8. The Morgan fingerprint density at radius 2 is 1.82 bits per heavy atom. The molecule has 7 nitrogen and oxygen atoms in total. The number of piperidine rings is 1. The highest BCUT2D eigenvalue weighted by Gasteiger charge is 2.38. The second-order valence-electron chi connectivity index (χ2n) is 10.0. The lowest BCUT2D eigenvalue weighted by molar-refractivity contribution is -0.135. The molecule has 34 heavy (non-hydrogen) atoms. The predicted octanol–water partition coefficient (Wildman–Crippen LogP) is 3.59. The molecule has 1 aliphatic carbocycles. The van der Waals surface area contributed by atoms with Gasteiger partial charge in [0.1, 0.15) is 12.1 Å². The Labute approximate surface area is 206 Å². The highest BCUT2D eigenvalue weighted by atomic mass is 35.5. The standard InChI is InChI=1S/C26H34ClN5O2/c1-17-15-21(33)24-22(17)25(29-16-28-24)31-11-13-32(14-12-31)26(34)23(18-6-8-19(27)9-7-18)20-5-3-4-10-30(20)2/h6-9,16-17,20-21,23,33H,3-5,10-15H2,1-2H3/t17-,20?,21-,23?/m1/s1. The highest BCUT2D eigenvalue weighted by Crippen LogP contribution is 2.43. The van der Waals surface area contributed by atoms with Crippen LogP contribution in [0.4, 0.5) is 5.82 Å². The first-order valence-corrected chi connectivity index (χ1v) is 12.8. The van der Waals surface area contributed by atoms with Gasteiger partial charge in [0.05, 0.1) is 17.7 Å². The monoisotopic (exact) mass is 483 g/mol. The van der Waals surface area contributed by atoms with Gasteiger partial charge < -0.3 is 19.8 Å². The van der Waals surface area contributed by atoms with Crippen LogP contribution in [0.25, 0.3) is 0 Å². The van der Waals surface area contributed by atoms with Crippen LogP contribution in [0, 0.1) is 0 Å². The van der Waals surface area contributed by atoms with Crippen LogP contribution < -0.4 is 4.90 Å². The van der Waals surface area contributed by atoms with E-state index in [1.165, 1.54) is 6.42 Å². The molecular weight excluding hydrogens is 450 g/mol. The Morgan fingerprint density at radius 3 is 2.53 bits per heavy atom. The van der Waals surface area contributed by atoms with Gasteiger partial charge >= 0.3 is 0 Å². The molecule has 0 spiro atoms. The lowest BCUT2D eigenvalue weighted by Gasteiger charge is -2.42. The number of hydrogen-bond donors (Lipinski definition) is 1. The Hall–Kier alpha value is -2.22. The summed E-state index contributed by atoms with van der Waals surface area (Å²) in [6.45, 7) is 5.93. The third-order valence-electron chi connectivity index (χ3n) is 7.88. The van der Waals surface area contributed by atoms with E-state index in [4.69, 9.17) is 11.6 Å². The van der Waals surface area contributed by atoms with Crippen molar-refractivity contribution in [3.8, 4) is 0 Å². The van der Waals surface area contributed by atoms with Gasteiger partial charge in [0.25, 0.3) is 0 Å². The normalized spacial score (nSPS) is 26.4. The summed E-state index contributed by atoms with van der Waals surface area (Å²) in [6, 6.07) is 8.01. The van der Waals surface area contributed by atoms with Gasteiger partial charge in [0.2, 0.25) is 5.91 Å². The molecule has 5 rings (SSSR count).